The van der Waals surface area contributed by atoms with E-state index in [0.29, 0.717) is 0 Å². The Morgan fingerprint density at radius 2 is 0.762 bits per heavy atom. The van der Waals surface area contributed by atoms with E-state index in [4.69, 9.17) is 4.89 Å². The molecule has 0 amide bonds. The van der Waals surface area contributed by atoms with Crippen LogP contribution in [0.25, 0.3) is 0 Å². The normalized spacial score (nSPS) is 8.19. The van der Waals surface area contributed by atoms with Crippen LogP contribution in [0, 0.1) is 0 Å². The Bertz CT molecular complexity index is 162. The maximum absolute atomic E-state index is 9.44. The van der Waals surface area contributed by atoms with Crippen LogP contribution >= 0.6 is 15.6 Å². The quantitative estimate of drug-likeness (QED) is 0.340. The van der Waals surface area contributed by atoms with Gasteiger partial charge >= 0.3 is 88.7 Å². The molecule has 0 bridgehead atoms. The molecule has 0 spiro atoms. The Hall–Kier alpha value is 2.90. The second-order valence-corrected chi connectivity index (χ2v) is 3.48. The summed E-state index contributed by atoms with van der Waals surface area (Å²) in [5, 5.41) is 0. The van der Waals surface area contributed by atoms with E-state index < -0.39 is 15.6 Å². The summed E-state index contributed by atoms with van der Waals surface area (Å²) in [7, 11) is -11.0. The molecule has 0 aromatic heterocycles. The third-order valence-electron chi connectivity index (χ3n) is 0.203. The van der Waals surface area contributed by atoms with E-state index in [-0.39, 0.29) is 138 Å². The second-order valence-electron chi connectivity index (χ2n) is 0.997. The van der Waals surface area contributed by atoms with Crippen LogP contribution in [0.15, 0.2) is 0 Å². The van der Waals surface area contributed by atoms with Crippen LogP contribution in [0.2, 0.25) is 0 Å². The summed E-state index contributed by atoms with van der Waals surface area (Å²) >= 11 is 0. The fraction of sp³-hybridized carbons (Fsp3) is 0. The molecule has 1 unspecified atom stereocenters. The van der Waals surface area contributed by atoms with Crippen LogP contribution in [0.5, 0.6) is 0 Å². The molecule has 21 heavy (non-hydrogen) atoms. The molecule has 0 aliphatic heterocycles. The first kappa shape index (κ1) is 105. The number of hydrogen-bond donors (Lipinski definition) is 1. The molecule has 0 fully saturated rings. The van der Waals surface area contributed by atoms with Gasteiger partial charge in [0.05, 0.1) is 7.82 Å². The molecule has 16 nitrogen and oxygen atoms in total. The molecular formula is H19Na3O16P2. The SMILES string of the molecule is O.O.O.O.O.O.O.O.O.O=P([O-])([O-])OP(=O)([O-])O.[Na+].[Na+].[Na+]. The van der Waals surface area contributed by atoms with Gasteiger partial charge in [-0.05, 0) is 0 Å². The first-order valence-electron chi connectivity index (χ1n) is 1.48. The summed E-state index contributed by atoms with van der Waals surface area (Å²) < 4.78 is 21.4. The van der Waals surface area contributed by atoms with Crippen molar-refractivity contribution in [2.75, 3.05) is 0 Å². The molecule has 0 saturated carbocycles. The van der Waals surface area contributed by atoms with Crippen LogP contribution in [-0.2, 0) is 13.4 Å². The zero-order valence-electron chi connectivity index (χ0n) is 11.3. The van der Waals surface area contributed by atoms with Crippen molar-refractivity contribution in [1.82, 2.24) is 0 Å². The number of rotatable bonds is 2. The van der Waals surface area contributed by atoms with Crippen LogP contribution in [0.4, 0.5) is 0 Å². The average molecular weight is 406 g/mol. The summed E-state index contributed by atoms with van der Waals surface area (Å²) in [6.45, 7) is 0. The van der Waals surface area contributed by atoms with Gasteiger partial charge in [0.25, 0.3) is 7.82 Å². The van der Waals surface area contributed by atoms with E-state index in [9.17, 15) is 23.8 Å². The molecular weight excluding hydrogens is 387 g/mol. The number of hydrogen-bond acceptors (Lipinski definition) is 6. The van der Waals surface area contributed by atoms with Gasteiger partial charge in [0.2, 0.25) is 0 Å². The molecule has 0 radical (unpaired) electrons. The minimum atomic E-state index is -5.61. The fourth-order valence-electron chi connectivity index (χ4n) is 0.126. The molecule has 19 N–H and O–H groups in total. The van der Waals surface area contributed by atoms with Crippen molar-refractivity contribution in [2.45, 2.75) is 0 Å². The smallest absolute Gasteiger partial charge is 0.790 e. The summed E-state index contributed by atoms with van der Waals surface area (Å²) in [5.41, 5.74) is 0. The van der Waals surface area contributed by atoms with Crippen molar-refractivity contribution in [2.24, 2.45) is 0 Å². The van der Waals surface area contributed by atoms with Crippen molar-refractivity contribution < 1.29 is 171 Å². The van der Waals surface area contributed by atoms with Gasteiger partial charge in [0, 0.05) is 0 Å². The molecule has 0 saturated heterocycles. The van der Waals surface area contributed by atoms with Crippen molar-refractivity contribution in [3.05, 3.63) is 0 Å². The van der Waals surface area contributed by atoms with Crippen LogP contribution in [-0.4, -0.2) is 54.2 Å². The summed E-state index contributed by atoms with van der Waals surface area (Å²) in [6.07, 6.45) is 0. The second kappa shape index (κ2) is 43.4. The largest absolute Gasteiger partial charge is 1.00 e. The van der Waals surface area contributed by atoms with Crippen LogP contribution < -0.4 is 103 Å². The standard InChI is InChI=1S/3Na.H4O7P2.9H2O/c;;;1-8(2,3)7-9(4,5)6;;;;;;;;;/h;;;(H2,1,2,3)(H2,4,5,6);9*1H2/q3*+1;;;;;;;;;;/p-3. The first-order chi connectivity index (χ1) is 3.71. The minimum Gasteiger partial charge on any atom is -0.790 e. The molecule has 0 aliphatic carbocycles. The van der Waals surface area contributed by atoms with Crippen molar-refractivity contribution in [1.29, 1.82) is 0 Å². The maximum atomic E-state index is 9.44. The molecule has 0 aliphatic rings. The van der Waals surface area contributed by atoms with Crippen molar-refractivity contribution in [3.8, 4) is 0 Å². The molecule has 1 atom stereocenters. The first-order valence-corrected chi connectivity index (χ1v) is 4.43. The van der Waals surface area contributed by atoms with Gasteiger partial charge in [-0.3, -0.25) is 8.88 Å². The predicted molar refractivity (Wildman–Crippen MR) is 51.0 cm³/mol. The fourth-order valence-corrected chi connectivity index (χ4v) is 1.14. The van der Waals surface area contributed by atoms with Gasteiger partial charge in [-0.25, -0.2) is 0 Å². The molecule has 0 heterocycles. The Labute approximate surface area is 184 Å². The van der Waals surface area contributed by atoms with E-state index in [1.165, 1.54) is 0 Å². The number of phosphoric acid groups is 2. The minimum absolute atomic E-state index is 0. The van der Waals surface area contributed by atoms with E-state index in [1.807, 2.05) is 0 Å². The van der Waals surface area contributed by atoms with Gasteiger partial charge in [-0.2, -0.15) is 0 Å². The van der Waals surface area contributed by atoms with Gasteiger partial charge in [-0.15, -0.1) is 0 Å². The van der Waals surface area contributed by atoms with E-state index >= 15 is 0 Å². The monoisotopic (exact) mass is 406 g/mol. The molecule has 0 aromatic carbocycles. The van der Waals surface area contributed by atoms with Gasteiger partial charge < -0.3 is 73.4 Å². The van der Waals surface area contributed by atoms with E-state index in [2.05, 4.69) is 4.31 Å². The van der Waals surface area contributed by atoms with Crippen LogP contribution in [0.3, 0.4) is 0 Å². The predicted octanol–water partition coefficient (Wildman–Crippen LogP) is -19.1. The topological polar surface area (TPSA) is 416 Å². The van der Waals surface area contributed by atoms with Gasteiger partial charge in [0.15, 0.2) is 0 Å². The van der Waals surface area contributed by atoms with Crippen molar-refractivity contribution in [3.63, 3.8) is 0 Å². The maximum Gasteiger partial charge on any atom is 1.00 e. The molecule has 21 heteroatoms. The summed E-state index contributed by atoms with van der Waals surface area (Å²) in [5.74, 6) is 0. The van der Waals surface area contributed by atoms with Crippen LogP contribution in [0.1, 0.15) is 0 Å². The van der Waals surface area contributed by atoms with Gasteiger partial charge in [-0.1, -0.05) is 0 Å². The van der Waals surface area contributed by atoms with E-state index in [0.717, 1.165) is 0 Å². The average Bonchev–Trinajstić information content (AvgIpc) is 1.14. The van der Waals surface area contributed by atoms with E-state index in [1.54, 1.807) is 0 Å². The van der Waals surface area contributed by atoms with Gasteiger partial charge in [0.1, 0.15) is 0 Å². The zero-order chi connectivity index (χ0) is 7.71. The Balaban J connectivity index is -0.00000000485. The third-order valence-corrected chi connectivity index (χ3v) is 1.83. The molecule has 0 rings (SSSR count). The summed E-state index contributed by atoms with van der Waals surface area (Å²) in [4.78, 5) is 35.7. The third kappa shape index (κ3) is 126. The molecule has 128 valence electrons. The Kier molecular flexibility index (Phi) is 218. The molecule has 0 aromatic rings. The zero-order valence-corrected chi connectivity index (χ0v) is 19.1. The Morgan fingerprint density at radius 3 is 0.762 bits per heavy atom. The summed E-state index contributed by atoms with van der Waals surface area (Å²) in [6, 6.07) is 0. The van der Waals surface area contributed by atoms with Crippen molar-refractivity contribution >= 4 is 15.6 Å². The Morgan fingerprint density at radius 1 is 0.619 bits per heavy atom.